The van der Waals surface area contributed by atoms with Crippen LogP contribution < -0.4 is 9.64 Å². The molecule has 2 aromatic carbocycles. The number of methoxy groups -OCH3 is 1. The Morgan fingerprint density at radius 1 is 1.17 bits per heavy atom. The van der Waals surface area contributed by atoms with Gasteiger partial charge in [0.15, 0.2) is 0 Å². The molecule has 5 heteroatoms. The quantitative estimate of drug-likeness (QED) is 0.689. The second-order valence-corrected chi connectivity index (χ2v) is 6.27. The zero-order chi connectivity index (χ0) is 16.6. The Morgan fingerprint density at radius 3 is 2.65 bits per heavy atom. The first-order valence-corrected chi connectivity index (χ1v) is 7.97. The van der Waals surface area contributed by atoms with Crippen molar-refractivity contribution in [2.75, 3.05) is 19.1 Å². The summed E-state index contributed by atoms with van der Waals surface area (Å²) in [6.07, 6.45) is 0. The Labute approximate surface area is 143 Å². The summed E-state index contributed by atoms with van der Waals surface area (Å²) in [4.78, 5) is 14.5. The molecule has 1 heterocycles. The number of carbonyl (C=O) groups is 1. The average Bonchev–Trinajstić information content (AvgIpc) is 2.89. The van der Waals surface area contributed by atoms with Gasteiger partial charge in [-0.15, -0.1) is 0 Å². The van der Waals surface area contributed by atoms with E-state index in [-0.39, 0.29) is 5.91 Å². The number of halogens is 1. The molecule has 0 fully saturated rings. The Bertz CT molecular complexity index is 886. The molecule has 1 amide bonds. The number of nitrogens with zero attached hydrogens (tertiary/aromatic N) is 2. The minimum absolute atomic E-state index is 0.0548. The van der Waals surface area contributed by atoms with Gasteiger partial charge in [0, 0.05) is 35.2 Å². The van der Waals surface area contributed by atoms with Gasteiger partial charge in [-0.2, -0.15) is 0 Å². The van der Waals surface area contributed by atoms with Gasteiger partial charge in [-0.3, -0.25) is 4.79 Å². The van der Waals surface area contributed by atoms with E-state index in [1.54, 1.807) is 19.1 Å². The maximum atomic E-state index is 12.9. The van der Waals surface area contributed by atoms with Crippen LogP contribution in [0.25, 0.3) is 10.9 Å². The highest BCUT2D eigenvalue weighted by molar-refractivity contribution is 9.10. The number of ether oxygens (including phenoxy) is 1. The summed E-state index contributed by atoms with van der Waals surface area (Å²) in [6.45, 7) is 0. The van der Waals surface area contributed by atoms with E-state index in [0.29, 0.717) is 5.69 Å². The molecule has 0 spiro atoms. The predicted molar refractivity (Wildman–Crippen MR) is 96.3 cm³/mol. The van der Waals surface area contributed by atoms with Crippen molar-refractivity contribution in [3.05, 3.63) is 58.7 Å². The van der Waals surface area contributed by atoms with Crippen LogP contribution in [0.15, 0.2) is 53.0 Å². The van der Waals surface area contributed by atoms with Gasteiger partial charge < -0.3 is 14.2 Å². The van der Waals surface area contributed by atoms with E-state index in [9.17, 15) is 4.79 Å². The van der Waals surface area contributed by atoms with Gasteiger partial charge >= 0.3 is 0 Å². The number of carbonyl (C=O) groups excluding carboxylic acids is 1. The minimum atomic E-state index is -0.0548. The minimum Gasteiger partial charge on any atom is -0.497 e. The molecule has 118 valence electrons. The number of aromatic nitrogens is 1. The summed E-state index contributed by atoms with van der Waals surface area (Å²) in [5, 5.41) is 0.984. The lowest BCUT2D eigenvalue weighted by atomic mass is 10.2. The summed E-state index contributed by atoms with van der Waals surface area (Å²) in [7, 11) is 5.32. The third-order valence-electron chi connectivity index (χ3n) is 3.97. The third kappa shape index (κ3) is 2.84. The van der Waals surface area contributed by atoms with Crippen molar-refractivity contribution in [2.24, 2.45) is 7.05 Å². The molecule has 3 rings (SSSR count). The van der Waals surface area contributed by atoms with E-state index in [2.05, 4.69) is 15.9 Å². The van der Waals surface area contributed by atoms with E-state index >= 15 is 0 Å². The lowest BCUT2D eigenvalue weighted by Crippen LogP contribution is -2.27. The maximum absolute atomic E-state index is 12.9. The van der Waals surface area contributed by atoms with E-state index in [1.807, 2.05) is 60.1 Å². The predicted octanol–water partition coefficient (Wildman–Crippen LogP) is 4.23. The number of hydrogen-bond acceptors (Lipinski definition) is 2. The molecule has 0 atom stereocenters. The fourth-order valence-corrected chi connectivity index (χ4v) is 3.02. The van der Waals surface area contributed by atoms with Crippen LogP contribution in [0.1, 0.15) is 10.5 Å². The monoisotopic (exact) mass is 372 g/mol. The lowest BCUT2D eigenvalue weighted by Gasteiger charge is -2.18. The summed E-state index contributed by atoms with van der Waals surface area (Å²) in [5.41, 5.74) is 2.47. The van der Waals surface area contributed by atoms with Crippen LogP contribution in [0.3, 0.4) is 0 Å². The Hall–Kier alpha value is -2.27. The molecular weight excluding hydrogens is 356 g/mol. The van der Waals surface area contributed by atoms with Gasteiger partial charge in [-0.1, -0.05) is 22.0 Å². The molecule has 0 N–H and O–H groups in total. The van der Waals surface area contributed by atoms with E-state index in [0.717, 1.165) is 26.8 Å². The van der Waals surface area contributed by atoms with Crippen LogP contribution in [0.2, 0.25) is 0 Å². The second kappa shape index (κ2) is 6.08. The van der Waals surface area contributed by atoms with Gasteiger partial charge in [0.05, 0.1) is 7.11 Å². The molecule has 3 aromatic rings. The first-order chi connectivity index (χ1) is 11.0. The van der Waals surface area contributed by atoms with Crippen molar-refractivity contribution in [3.63, 3.8) is 0 Å². The van der Waals surface area contributed by atoms with Crippen molar-refractivity contribution >= 4 is 38.4 Å². The third-order valence-corrected chi connectivity index (χ3v) is 4.46. The standard InChI is InChI=1S/C18H17BrN2O2/c1-20(14-6-4-5-13(19)11-14)18(22)17-10-12-9-15(23-3)7-8-16(12)21(17)2/h4-11H,1-3H3. The normalized spacial score (nSPS) is 10.8. The molecule has 0 aliphatic heterocycles. The highest BCUT2D eigenvalue weighted by Gasteiger charge is 2.19. The number of amides is 1. The summed E-state index contributed by atoms with van der Waals surface area (Å²) in [6, 6.07) is 15.4. The maximum Gasteiger partial charge on any atom is 0.274 e. The molecular formula is C18H17BrN2O2. The topological polar surface area (TPSA) is 34.5 Å². The van der Waals surface area contributed by atoms with Crippen LogP contribution in [0.4, 0.5) is 5.69 Å². The number of benzene rings is 2. The van der Waals surface area contributed by atoms with Crippen molar-refractivity contribution in [1.29, 1.82) is 0 Å². The lowest BCUT2D eigenvalue weighted by molar-refractivity contribution is 0.0985. The molecule has 23 heavy (non-hydrogen) atoms. The smallest absolute Gasteiger partial charge is 0.274 e. The van der Waals surface area contributed by atoms with Gasteiger partial charge in [0.25, 0.3) is 5.91 Å². The van der Waals surface area contributed by atoms with Gasteiger partial charge in [-0.25, -0.2) is 0 Å². The van der Waals surface area contributed by atoms with Crippen LogP contribution in [0, 0.1) is 0 Å². The molecule has 0 aliphatic carbocycles. The molecule has 0 saturated heterocycles. The summed E-state index contributed by atoms with van der Waals surface area (Å²) in [5.74, 6) is 0.725. The first-order valence-electron chi connectivity index (χ1n) is 7.18. The summed E-state index contributed by atoms with van der Waals surface area (Å²) >= 11 is 3.44. The molecule has 0 unspecified atom stereocenters. The Kier molecular flexibility index (Phi) is 4.13. The van der Waals surface area contributed by atoms with E-state index < -0.39 is 0 Å². The fraction of sp³-hybridized carbons (Fsp3) is 0.167. The van der Waals surface area contributed by atoms with Crippen molar-refractivity contribution < 1.29 is 9.53 Å². The SMILES string of the molecule is COc1ccc2c(c1)cc(C(=O)N(C)c1cccc(Br)c1)n2C. The average molecular weight is 373 g/mol. The number of rotatable bonds is 3. The van der Waals surface area contributed by atoms with Crippen molar-refractivity contribution in [1.82, 2.24) is 4.57 Å². The second-order valence-electron chi connectivity index (χ2n) is 5.36. The number of hydrogen-bond donors (Lipinski definition) is 0. The van der Waals surface area contributed by atoms with Gasteiger partial charge in [0.1, 0.15) is 11.4 Å². The van der Waals surface area contributed by atoms with Crippen LogP contribution in [0.5, 0.6) is 5.75 Å². The Morgan fingerprint density at radius 2 is 1.96 bits per heavy atom. The van der Waals surface area contributed by atoms with E-state index in [4.69, 9.17) is 4.74 Å². The molecule has 0 bridgehead atoms. The van der Waals surface area contributed by atoms with Crippen molar-refractivity contribution in [2.45, 2.75) is 0 Å². The molecule has 1 aromatic heterocycles. The van der Waals surface area contributed by atoms with Gasteiger partial charge in [-0.05, 0) is 42.5 Å². The summed E-state index contributed by atoms with van der Waals surface area (Å²) < 4.78 is 8.10. The number of anilines is 1. The van der Waals surface area contributed by atoms with Crippen LogP contribution in [-0.2, 0) is 7.05 Å². The molecule has 0 radical (unpaired) electrons. The number of aryl methyl sites for hydroxylation is 1. The highest BCUT2D eigenvalue weighted by Crippen LogP contribution is 2.26. The first kappa shape index (κ1) is 15.6. The Balaban J connectivity index is 2.02. The van der Waals surface area contributed by atoms with Crippen molar-refractivity contribution in [3.8, 4) is 5.75 Å². The molecule has 0 aliphatic rings. The van der Waals surface area contributed by atoms with Crippen LogP contribution >= 0.6 is 15.9 Å². The zero-order valence-corrected chi connectivity index (χ0v) is 14.8. The van der Waals surface area contributed by atoms with Gasteiger partial charge in [0.2, 0.25) is 0 Å². The molecule has 4 nitrogen and oxygen atoms in total. The molecule has 0 saturated carbocycles. The number of fused-ring (bicyclic) bond motifs is 1. The van der Waals surface area contributed by atoms with Crippen LogP contribution in [-0.4, -0.2) is 24.6 Å². The highest BCUT2D eigenvalue weighted by atomic mass is 79.9. The zero-order valence-electron chi connectivity index (χ0n) is 13.2. The fourth-order valence-electron chi connectivity index (χ4n) is 2.63. The largest absolute Gasteiger partial charge is 0.497 e. The van der Waals surface area contributed by atoms with E-state index in [1.165, 1.54) is 0 Å².